The Balaban J connectivity index is 4.30. The predicted molar refractivity (Wildman–Crippen MR) is 289 cm³/mol. The molecule has 0 bridgehead atoms. The Morgan fingerprint density at radius 2 is 0.433 bits per heavy atom. The van der Waals surface area contributed by atoms with Gasteiger partial charge in [-0.3, -0.25) is 14.4 Å². The van der Waals surface area contributed by atoms with Crippen LogP contribution in [0.1, 0.15) is 337 Å². The molecular formula is C61H118O6. The highest BCUT2D eigenvalue weighted by atomic mass is 16.6. The van der Waals surface area contributed by atoms with Gasteiger partial charge in [-0.2, -0.15) is 0 Å². The third-order valence-electron chi connectivity index (χ3n) is 13.9. The fourth-order valence-corrected chi connectivity index (χ4v) is 9.35. The van der Waals surface area contributed by atoms with E-state index in [9.17, 15) is 14.4 Å². The zero-order valence-corrected chi connectivity index (χ0v) is 46.2. The van der Waals surface area contributed by atoms with Gasteiger partial charge in [-0.1, -0.05) is 298 Å². The van der Waals surface area contributed by atoms with Gasteiger partial charge in [-0.15, -0.1) is 0 Å². The minimum absolute atomic E-state index is 0.0631. The lowest BCUT2D eigenvalue weighted by Crippen LogP contribution is -2.30. The topological polar surface area (TPSA) is 78.9 Å². The molecule has 0 saturated carbocycles. The number of unbranched alkanes of at least 4 members (excludes halogenated alkanes) is 37. The number of carbonyl (C=O) groups excluding carboxylic acids is 3. The van der Waals surface area contributed by atoms with E-state index in [2.05, 4.69) is 41.5 Å². The van der Waals surface area contributed by atoms with Crippen LogP contribution in [0.5, 0.6) is 0 Å². The summed E-state index contributed by atoms with van der Waals surface area (Å²) in [7, 11) is 0. The van der Waals surface area contributed by atoms with Gasteiger partial charge in [0.1, 0.15) is 13.2 Å². The monoisotopic (exact) mass is 947 g/mol. The average Bonchev–Trinajstić information content (AvgIpc) is 3.29. The maximum absolute atomic E-state index is 12.9. The molecule has 1 atom stereocenters. The van der Waals surface area contributed by atoms with E-state index < -0.39 is 6.10 Å². The summed E-state index contributed by atoms with van der Waals surface area (Å²) in [6, 6.07) is 0. The van der Waals surface area contributed by atoms with E-state index in [0.29, 0.717) is 19.3 Å². The highest BCUT2D eigenvalue weighted by Gasteiger charge is 2.19. The van der Waals surface area contributed by atoms with Gasteiger partial charge in [0.2, 0.25) is 0 Å². The molecule has 6 heteroatoms. The molecular weight excluding hydrogens is 829 g/mol. The zero-order chi connectivity index (χ0) is 49.1. The second kappa shape index (κ2) is 52.2. The summed E-state index contributed by atoms with van der Waals surface area (Å²) in [5, 5.41) is 0. The Labute approximate surface area is 418 Å². The molecule has 0 spiro atoms. The van der Waals surface area contributed by atoms with E-state index in [1.807, 2.05) is 0 Å². The van der Waals surface area contributed by atoms with Gasteiger partial charge < -0.3 is 14.2 Å². The minimum atomic E-state index is -0.764. The van der Waals surface area contributed by atoms with Crippen LogP contribution in [0.15, 0.2) is 0 Å². The summed E-state index contributed by atoms with van der Waals surface area (Å²) in [5.41, 5.74) is 0. The first-order valence-electron chi connectivity index (χ1n) is 30.1. The highest BCUT2D eigenvalue weighted by Crippen LogP contribution is 2.19. The number of hydrogen-bond donors (Lipinski definition) is 0. The first-order valence-corrected chi connectivity index (χ1v) is 30.1. The van der Waals surface area contributed by atoms with Crippen LogP contribution in [0.25, 0.3) is 0 Å². The third kappa shape index (κ3) is 55.2. The summed E-state index contributed by atoms with van der Waals surface area (Å²) < 4.78 is 16.9. The Kier molecular flexibility index (Phi) is 51.0. The van der Waals surface area contributed by atoms with Gasteiger partial charge in [0.25, 0.3) is 0 Å². The Morgan fingerprint density at radius 3 is 0.642 bits per heavy atom. The first-order chi connectivity index (χ1) is 32.6. The molecule has 0 aromatic rings. The molecule has 398 valence electrons. The molecule has 0 aromatic heterocycles. The van der Waals surface area contributed by atoms with Crippen LogP contribution in [0.4, 0.5) is 0 Å². The lowest BCUT2D eigenvalue weighted by atomic mass is 10.0. The fourth-order valence-electron chi connectivity index (χ4n) is 9.35. The van der Waals surface area contributed by atoms with E-state index in [-0.39, 0.29) is 31.1 Å². The second-order valence-electron chi connectivity index (χ2n) is 22.4. The second-order valence-corrected chi connectivity index (χ2v) is 22.4. The first kappa shape index (κ1) is 65.4. The van der Waals surface area contributed by atoms with Crippen LogP contribution in [-0.2, 0) is 28.6 Å². The molecule has 0 aliphatic rings. The van der Waals surface area contributed by atoms with Crippen molar-refractivity contribution in [3.8, 4) is 0 Å². The summed E-state index contributed by atoms with van der Waals surface area (Å²) in [6.45, 7) is 13.8. The lowest BCUT2D eigenvalue weighted by Gasteiger charge is -2.18. The van der Waals surface area contributed by atoms with Crippen molar-refractivity contribution in [1.29, 1.82) is 0 Å². The lowest BCUT2D eigenvalue weighted by molar-refractivity contribution is -0.167. The van der Waals surface area contributed by atoms with E-state index in [0.717, 1.165) is 75.5 Å². The summed E-state index contributed by atoms with van der Waals surface area (Å²) >= 11 is 0. The number of esters is 3. The fraction of sp³-hybridized carbons (Fsp3) is 0.951. The molecule has 0 saturated heterocycles. The standard InChI is InChI=1S/C61H118O6/c1-55(2)47-41-35-29-23-17-11-8-7-9-13-20-26-32-38-44-50-59(62)65-53-58(54-66-60(63)51-45-39-33-27-21-16-15-19-25-31-37-43-49-57(5)6)67-61(64)52-46-40-34-28-22-14-10-12-18-24-30-36-42-48-56(3)4/h55-58H,7-54H2,1-6H3/t58-/m1/s1. The van der Waals surface area contributed by atoms with Crippen LogP contribution in [0.2, 0.25) is 0 Å². The van der Waals surface area contributed by atoms with Crippen molar-refractivity contribution in [2.24, 2.45) is 17.8 Å². The maximum Gasteiger partial charge on any atom is 0.306 e. The maximum atomic E-state index is 12.9. The molecule has 6 nitrogen and oxygen atoms in total. The molecule has 0 amide bonds. The van der Waals surface area contributed by atoms with Crippen molar-refractivity contribution in [1.82, 2.24) is 0 Å². The van der Waals surface area contributed by atoms with Crippen molar-refractivity contribution < 1.29 is 28.6 Å². The van der Waals surface area contributed by atoms with Crippen molar-refractivity contribution >= 4 is 17.9 Å². The van der Waals surface area contributed by atoms with Crippen LogP contribution < -0.4 is 0 Å². The Hall–Kier alpha value is -1.59. The Morgan fingerprint density at radius 1 is 0.254 bits per heavy atom. The summed E-state index contributed by atoms with van der Waals surface area (Å²) in [5.74, 6) is 1.68. The molecule has 0 radical (unpaired) electrons. The molecule has 0 aliphatic heterocycles. The number of ether oxygens (including phenoxy) is 3. The quantitative estimate of drug-likeness (QED) is 0.0343. The van der Waals surface area contributed by atoms with Crippen LogP contribution in [0.3, 0.4) is 0 Å². The van der Waals surface area contributed by atoms with Crippen molar-refractivity contribution in [3.63, 3.8) is 0 Å². The molecule has 0 N–H and O–H groups in total. The normalized spacial score (nSPS) is 12.1. The summed E-state index contributed by atoms with van der Waals surface area (Å²) in [6.07, 6.45) is 55.2. The van der Waals surface area contributed by atoms with E-state index in [1.54, 1.807) is 0 Å². The number of rotatable bonds is 54. The number of carbonyl (C=O) groups is 3. The largest absolute Gasteiger partial charge is 0.462 e. The van der Waals surface area contributed by atoms with Gasteiger partial charge in [0.05, 0.1) is 0 Å². The van der Waals surface area contributed by atoms with Crippen LogP contribution >= 0.6 is 0 Å². The molecule has 0 rings (SSSR count). The van der Waals surface area contributed by atoms with Crippen molar-refractivity contribution in [2.75, 3.05) is 13.2 Å². The molecule has 0 aliphatic carbocycles. The number of hydrogen-bond acceptors (Lipinski definition) is 6. The van der Waals surface area contributed by atoms with Crippen molar-refractivity contribution in [3.05, 3.63) is 0 Å². The zero-order valence-electron chi connectivity index (χ0n) is 46.2. The van der Waals surface area contributed by atoms with Crippen LogP contribution in [0, 0.1) is 17.8 Å². The molecule has 0 aromatic carbocycles. The van der Waals surface area contributed by atoms with Gasteiger partial charge >= 0.3 is 17.9 Å². The summed E-state index contributed by atoms with van der Waals surface area (Å²) in [4.78, 5) is 38.2. The highest BCUT2D eigenvalue weighted by molar-refractivity contribution is 5.71. The predicted octanol–water partition coefficient (Wildman–Crippen LogP) is 19.9. The van der Waals surface area contributed by atoms with Gasteiger partial charge in [0, 0.05) is 19.3 Å². The third-order valence-corrected chi connectivity index (χ3v) is 13.9. The Bertz CT molecular complexity index is 1040. The molecule has 0 fully saturated rings. The molecule has 0 unspecified atom stereocenters. The van der Waals surface area contributed by atoms with E-state index >= 15 is 0 Å². The SMILES string of the molecule is CC(C)CCCCCCCCCCCCCCCCCC(=O)OC[C@H](COC(=O)CCCCCCCCCCCCCCC(C)C)OC(=O)CCCCCCCCCCCCCCCC(C)C. The molecule has 0 heterocycles. The van der Waals surface area contributed by atoms with E-state index in [1.165, 1.54) is 218 Å². The van der Waals surface area contributed by atoms with E-state index in [4.69, 9.17) is 14.2 Å². The minimum Gasteiger partial charge on any atom is -0.462 e. The van der Waals surface area contributed by atoms with Gasteiger partial charge in [0.15, 0.2) is 6.10 Å². The van der Waals surface area contributed by atoms with Crippen molar-refractivity contribution in [2.45, 2.75) is 343 Å². The average molecular weight is 948 g/mol. The molecule has 67 heavy (non-hydrogen) atoms. The van der Waals surface area contributed by atoms with Gasteiger partial charge in [-0.05, 0) is 37.0 Å². The van der Waals surface area contributed by atoms with Crippen LogP contribution in [-0.4, -0.2) is 37.2 Å². The van der Waals surface area contributed by atoms with Gasteiger partial charge in [-0.25, -0.2) is 0 Å². The smallest absolute Gasteiger partial charge is 0.306 e.